The van der Waals surface area contributed by atoms with E-state index in [-0.39, 0.29) is 18.6 Å². The van der Waals surface area contributed by atoms with Crippen LogP contribution in [-0.2, 0) is 16.1 Å². The molecule has 0 aliphatic carbocycles. The van der Waals surface area contributed by atoms with Crippen LogP contribution in [0.5, 0.6) is 0 Å². The maximum atomic E-state index is 12.1. The molecule has 1 saturated heterocycles. The molecular formula is C18H27N3O3. The van der Waals surface area contributed by atoms with Crippen molar-refractivity contribution in [3.63, 3.8) is 0 Å². The fraction of sp³-hybridized carbons (Fsp3) is 0.556. The second-order valence-corrected chi connectivity index (χ2v) is 6.48. The molecule has 1 aliphatic rings. The molecule has 0 unspecified atom stereocenters. The lowest BCUT2D eigenvalue weighted by Crippen LogP contribution is -2.47. The molecule has 6 nitrogen and oxygen atoms in total. The average Bonchev–Trinajstić information content (AvgIpc) is 2.60. The summed E-state index contributed by atoms with van der Waals surface area (Å²) in [4.78, 5) is 27.4. The van der Waals surface area contributed by atoms with Crippen LogP contribution in [0.1, 0.15) is 25.3 Å². The van der Waals surface area contributed by atoms with E-state index >= 15 is 0 Å². The standard InChI is InChI=1S/C18H27N3O3/c1-14(19)17(22)21-10-8-15(9-11-21)12-20(2)18(23)24-13-16-6-4-3-5-7-16/h3-7,14-15H,8-13,19H2,1-2H3/t14-/m0/s1. The van der Waals surface area contributed by atoms with Crippen molar-refractivity contribution in [1.29, 1.82) is 0 Å². The molecule has 0 radical (unpaired) electrons. The summed E-state index contributed by atoms with van der Waals surface area (Å²) in [5.41, 5.74) is 6.62. The van der Waals surface area contributed by atoms with Gasteiger partial charge in [-0.15, -0.1) is 0 Å². The molecule has 132 valence electrons. The van der Waals surface area contributed by atoms with Crippen molar-refractivity contribution < 1.29 is 14.3 Å². The zero-order chi connectivity index (χ0) is 17.5. The maximum absolute atomic E-state index is 12.1. The monoisotopic (exact) mass is 333 g/mol. The van der Waals surface area contributed by atoms with E-state index in [0.717, 1.165) is 18.4 Å². The highest BCUT2D eigenvalue weighted by atomic mass is 16.6. The van der Waals surface area contributed by atoms with Gasteiger partial charge in [0.05, 0.1) is 6.04 Å². The van der Waals surface area contributed by atoms with Crippen LogP contribution in [0.3, 0.4) is 0 Å². The zero-order valence-corrected chi connectivity index (χ0v) is 14.5. The minimum atomic E-state index is -0.447. The second kappa shape index (κ2) is 8.68. The van der Waals surface area contributed by atoms with Crippen molar-refractivity contribution in [2.75, 3.05) is 26.7 Å². The summed E-state index contributed by atoms with van der Waals surface area (Å²) in [6, 6.07) is 9.18. The smallest absolute Gasteiger partial charge is 0.409 e. The predicted octanol–water partition coefficient (Wildman–Crippen LogP) is 1.84. The molecule has 0 saturated carbocycles. The van der Waals surface area contributed by atoms with Crippen molar-refractivity contribution in [2.45, 2.75) is 32.4 Å². The molecule has 6 heteroatoms. The van der Waals surface area contributed by atoms with Gasteiger partial charge in [0, 0.05) is 26.7 Å². The zero-order valence-electron chi connectivity index (χ0n) is 14.5. The Balaban J connectivity index is 1.71. The summed E-state index contributed by atoms with van der Waals surface area (Å²) in [5.74, 6) is 0.389. The number of hydrogen-bond acceptors (Lipinski definition) is 4. The summed E-state index contributed by atoms with van der Waals surface area (Å²) in [6.07, 6.45) is 1.46. The highest BCUT2D eigenvalue weighted by molar-refractivity contribution is 5.81. The van der Waals surface area contributed by atoms with Gasteiger partial charge in [-0.25, -0.2) is 4.79 Å². The van der Waals surface area contributed by atoms with Gasteiger partial charge in [0.25, 0.3) is 0 Å². The molecule has 2 N–H and O–H groups in total. The Morgan fingerprint density at radius 2 is 1.92 bits per heavy atom. The van der Waals surface area contributed by atoms with Crippen LogP contribution in [-0.4, -0.2) is 54.5 Å². The Kier molecular flexibility index (Phi) is 6.61. The second-order valence-electron chi connectivity index (χ2n) is 6.48. The van der Waals surface area contributed by atoms with Crippen LogP contribution in [0.2, 0.25) is 0 Å². The molecule has 0 spiro atoms. The molecule has 2 amide bonds. The third-order valence-electron chi connectivity index (χ3n) is 4.36. The van der Waals surface area contributed by atoms with Crippen LogP contribution in [0.4, 0.5) is 4.79 Å². The van der Waals surface area contributed by atoms with Gasteiger partial charge in [0.2, 0.25) is 5.91 Å². The topological polar surface area (TPSA) is 75.9 Å². The average molecular weight is 333 g/mol. The summed E-state index contributed by atoms with van der Waals surface area (Å²) in [7, 11) is 1.76. The van der Waals surface area contributed by atoms with Gasteiger partial charge in [0.15, 0.2) is 0 Å². The largest absolute Gasteiger partial charge is 0.445 e. The third kappa shape index (κ3) is 5.23. The number of carbonyl (C=O) groups excluding carboxylic acids is 2. The summed E-state index contributed by atoms with van der Waals surface area (Å²) in [5, 5.41) is 0. The van der Waals surface area contributed by atoms with E-state index in [0.29, 0.717) is 25.6 Å². The highest BCUT2D eigenvalue weighted by Crippen LogP contribution is 2.19. The number of benzene rings is 1. The number of carbonyl (C=O) groups is 2. The van der Waals surface area contributed by atoms with Crippen molar-refractivity contribution in [3.05, 3.63) is 35.9 Å². The molecule has 1 atom stereocenters. The van der Waals surface area contributed by atoms with E-state index in [2.05, 4.69) is 0 Å². The maximum Gasteiger partial charge on any atom is 0.409 e. The Hall–Kier alpha value is -2.08. The van der Waals surface area contributed by atoms with E-state index in [1.165, 1.54) is 0 Å². The van der Waals surface area contributed by atoms with Gasteiger partial charge < -0.3 is 20.3 Å². The number of nitrogens with two attached hydrogens (primary N) is 1. The van der Waals surface area contributed by atoms with Gasteiger partial charge in [0.1, 0.15) is 6.61 Å². The Morgan fingerprint density at radius 3 is 2.50 bits per heavy atom. The number of nitrogens with zero attached hydrogens (tertiary/aromatic N) is 2. The first-order valence-electron chi connectivity index (χ1n) is 8.43. The van der Waals surface area contributed by atoms with Crippen molar-refractivity contribution in [1.82, 2.24) is 9.80 Å². The van der Waals surface area contributed by atoms with E-state index < -0.39 is 6.04 Å². The molecule has 1 heterocycles. The molecule has 0 bridgehead atoms. The number of rotatable bonds is 5. The number of piperidine rings is 1. The molecule has 1 fully saturated rings. The van der Waals surface area contributed by atoms with Gasteiger partial charge in [-0.1, -0.05) is 30.3 Å². The quantitative estimate of drug-likeness (QED) is 0.892. The highest BCUT2D eigenvalue weighted by Gasteiger charge is 2.26. The number of hydrogen-bond donors (Lipinski definition) is 1. The van der Waals surface area contributed by atoms with Gasteiger partial charge in [-0.05, 0) is 31.2 Å². The van der Waals surface area contributed by atoms with Crippen LogP contribution in [0.25, 0.3) is 0 Å². The van der Waals surface area contributed by atoms with Gasteiger partial charge in [-0.2, -0.15) is 0 Å². The first-order valence-corrected chi connectivity index (χ1v) is 8.43. The van der Waals surface area contributed by atoms with Gasteiger partial charge >= 0.3 is 6.09 Å². The van der Waals surface area contributed by atoms with Crippen molar-refractivity contribution in [3.8, 4) is 0 Å². The number of amides is 2. The lowest BCUT2D eigenvalue weighted by atomic mass is 9.96. The Bertz CT molecular complexity index is 540. The minimum absolute atomic E-state index is 0.00377. The van der Waals surface area contributed by atoms with E-state index in [1.54, 1.807) is 18.9 Å². The molecule has 24 heavy (non-hydrogen) atoms. The molecule has 1 aliphatic heterocycles. The lowest BCUT2D eigenvalue weighted by Gasteiger charge is -2.34. The molecular weight excluding hydrogens is 306 g/mol. The van der Waals surface area contributed by atoms with Crippen molar-refractivity contribution >= 4 is 12.0 Å². The lowest BCUT2D eigenvalue weighted by molar-refractivity contribution is -0.133. The fourth-order valence-corrected chi connectivity index (χ4v) is 2.92. The number of ether oxygens (including phenoxy) is 1. The van der Waals surface area contributed by atoms with Gasteiger partial charge in [-0.3, -0.25) is 4.79 Å². The van der Waals surface area contributed by atoms with Crippen LogP contribution in [0, 0.1) is 5.92 Å². The molecule has 2 rings (SSSR count). The predicted molar refractivity (Wildman–Crippen MR) is 92.2 cm³/mol. The minimum Gasteiger partial charge on any atom is -0.445 e. The van der Waals surface area contributed by atoms with Crippen molar-refractivity contribution in [2.24, 2.45) is 11.7 Å². The fourth-order valence-electron chi connectivity index (χ4n) is 2.92. The summed E-state index contributed by atoms with van der Waals surface area (Å²) < 4.78 is 5.33. The van der Waals surface area contributed by atoms with E-state index in [1.807, 2.05) is 35.2 Å². The Morgan fingerprint density at radius 1 is 1.29 bits per heavy atom. The molecule has 1 aromatic carbocycles. The summed E-state index contributed by atoms with van der Waals surface area (Å²) in [6.45, 7) is 4.06. The third-order valence-corrected chi connectivity index (χ3v) is 4.36. The number of likely N-dealkylation sites (tertiary alicyclic amines) is 1. The molecule has 0 aromatic heterocycles. The Labute approximate surface area is 143 Å². The normalized spacial score (nSPS) is 16.5. The van der Waals surface area contributed by atoms with E-state index in [4.69, 9.17) is 10.5 Å². The molecule has 1 aromatic rings. The SMILES string of the molecule is C[C@H](N)C(=O)N1CCC(CN(C)C(=O)OCc2ccccc2)CC1. The van der Waals surface area contributed by atoms with Crippen LogP contribution in [0.15, 0.2) is 30.3 Å². The summed E-state index contributed by atoms with van der Waals surface area (Å²) >= 11 is 0. The first-order chi connectivity index (χ1) is 11.5. The van der Waals surface area contributed by atoms with Crippen LogP contribution >= 0.6 is 0 Å². The van der Waals surface area contributed by atoms with E-state index in [9.17, 15) is 9.59 Å². The first kappa shape index (κ1) is 18.3. The van der Waals surface area contributed by atoms with Crippen LogP contribution < -0.4 is 5.73 Å².